The SMILES string of the molecule is COCCN(Cc1nc(CCC(C)C)no1)C(C)C(N)=O. The van der Waals surface area contributed by atoms with E-state index in [1.165, 1.54) is 0 Å². The van der Waals surface area contributed by atoms with Crippen LogP contribution in [0.3, 0.4) is 0 Å². The number of primary amides is 1. The van der Waals surface area contributed by atoms with Gasteiger partial charge in [0.25, 0.3) is 0 Å². The van der Waals surface area contributed by atoms with Crippen LogP contribution in [0.1, 0.15) is 38.9 Å². The molecule has 0 bridgehead atoms. The molecule has 7 nitrogen and oxygen atoms in total. The van der Waals surface area contributed by atoms with Gasteiger partial charge >= 0.3 is 0 Å². The van der Waals surface area contributed by atoms with E-state index in [4.69, 9.17) is 15.0 Å². The molecule has 1 atom stereocenters. The summed E-state index contributed by atoms with van der Waals surface area (Å²) in [7, 11) is 1.61. The molecule has 0 fully saturated rings. The Morgan fingerprint density at radius 3 is 2.71 bits per heavy atom. The third kappa shape index (κ3) is 6.22. The fourth-order valence-corrected chi connectivity index (χ4v) is 1.85. The van der Waals surface area contributed by atoms with E-state index in [0.29, 0.717) is 37.3 Å². The van der Waals surface area contributed by atoms with Crippen molar-refractivity contribution in [3.8, 4) is 0 Å². The molecule has 2 N–H and O–H groups in total. The van der Waals surface area contributed by atoms with Crippen LogP contribution in [-0.2, 0) is 22.5 Å². The Bertz CT molecular complexity index is 434. The van der Waals surface area contributed by atoms with Crippen LogP contribution < -0.4 is 5.73 Å². The van der Waals surface area contributed by atoms with Gasteiger partial charge in [0.15, 0.2) is 5.82 Å². The molecular formula is C14H26N4O3. The van der Waals surface area contributed by atoms with Crippen molar-refractivity contribution in [2.24, 2.45) is 11.7 Å². The fraction of sp³-hybridized carbons (Fsp3) is 0.786. The number of amides is 1. The minimum Gasteiger partial charge on any atom is -0.383 e. The highest BCUT2D eigenvalue weighted by Gasteiger charge is 2.21. The first-order valence-corrected chi connectivity index (χ1v) is 7.27. The summed E-state index contributed by atoms with van der Waals surface area (Å²) < 4.78 is 10.3. The molecule has 7 heteroatoms. The minimum absolute atomic E-state index is 0.384. The number of hydrogen-bond acceptors (Lipinski definition) is 6. The average molecular weight is 298 g/mol. The van der Waals surface area contributed by atoms with Gasteiger partial charge in [-0.25, -0.2) is 0 Å². The lowest BCUT2D eigenvalue weighted by Crippen LogP contribution is -2.43. The van der Waals surface area contributed by atoms with Crippen LogP contribution in [0.15, 0.2) is 4.52 Å². The largest absolute Gasteiger partial charge is 0.383 e. The Morgan fingerprint density at radius 1 is 1.43 bits per heavy atom. The lowest BCUT2D eigenvalue weighted by atomic mass is 10.1. The van der Waals surface area contributed by atoms with Gasteiger partial charge in [0, 0.05) is 20.1 Å². The fourth-order valence-electron chi connectivity index (χ4n) is 1.85. The molecule has 0 saturated carbocycles. The van der Waals surface area contributed by atoms with Gasteiger partial charge in [0.05, 0.1) is 19.2 Å². The molecule has 0 radical (unpaired) electrons. The molecule has 0 saturated heterocycles. The van der Waals surface area contributed by atoms with Crippen LogP contribution in [0, 0.1) is 5.92 Å². The van der Waals surface area contributed by atoms with E-state index in [9.17, 15) is 4.79 Å². The number of methoxy groups -OCH3 is 1. The number of ether oxygens (including phenoxy) is 1. The summed E-state index contributed by atoms with van der Waals surface area (Å²) in [6.45, 7) is 7.54. The summed E-state index contributed by atoms with van der Waals surface area (Å²) in [4.78, 5) is 17.6. The average Bonchev–Trinajstić information content (AvgIpc) is 2.87. The molecule has 0 spiro atoms. The number of carbonyl (C=O) groups excluding carboxylic acids is 1. The summed E-state index contributed by atoms with van der Waals surface area (Å²) in [5.74, 6) is 1.42. The van der Waals surface area contributed by atoms with Crippen LogP contribution >= 0.6 is 0 Å². The zero-order chi connectivity index (χ0) is 15.8. The topological polar surface area (TPSA) is 94.5 Å². The van der Waals surface area contributed by atoms with Crippen molar-refractivity contribution in [1.29, 1.82) is 0 Å². The highest BCUT2D eigenvalue weighted by atomic mass is 16.5. The van der Waals surface area contributed by atoms with Crippen molar-refractivity contribution in [2.75, 3.05) is 20.3 Å². The van der Waals surface area contributed by atoms with Gasteiger partial charge in [0.1, 0.15) is 0 Å². The normalized spacial score (nSPS) is 13.0. The molecule has 0 aliphatic heterocycles. The standard InChI is InChI=1S/C14H26N4O3/c1-10(2)5-6-12-16-13(21-17-12)9-18(7-8-20-4)11(3)14(15)19/h10-11H,5-9H2,1-4H3,(H2,15,19). The monoisotopic (exact) mass is 298 g/mol. The molecule has 1 heterocycles. The first-order chi connectivity index (χ1) is 9.93. The van der Waals surface area contributed by atoms with Crippen LogP contribution in [0.5, 0.6) is 0 Å². The number of carbonyl (C=O) groups is 1. The second-order valence-electron chi connectivity index (χ2n) is 5.58. The lowest BCUT2D eigenvalue weighted by molar-refractivity contribution is -0.123. The van der Waals surface area contributed by atoms with E-state index >= 15 is 0 Å². The molecule has 1 rings (SSSR count). The first kappa shape index (κ1) is 17.6. The van der Waals surface area contributed by atoms with Gasteiger partial charge in [0.2, 0.25) is 11.8 Å². The Hall–Kier alpha value is -1.47. The van der Waals surface area contributed by atoms with Crippen LogP contribution in [0.2, 0.25) is 0 Å². The second-order valence-corrected chi connectivity index (χ2v) is 5.58. The number of aromatic nitrogens is 2. The Labute approximate surface area is 125 Å². The van der Waals surface area contributed by atoms with Gasteiger partial charge in [-0.2, -0.15) is 4.98 Å². The van der Waals surface area contributed by atoms with Crippen LogP contribution in [-0.4, -0.2) is 47.3 Å². The van der Waals surface area contributed by atoms with E-state index < -0.39 is 6.04 Å². The number of hydrogen-bond donors (Lipinski definition) is 1. The summed E-state index contributed by atoms with van der Waals surface area (Å²) in [6.07, 6.45) is 1.81. The third-order valence-corrected chi connectivity index (χ3v) is 3.34. The van der Waals surface area contributed by atoms with Gasteiger partial charge in [-0.1, -0.05) is 19.0 Å². The molecule has 1 unspecified atom stereocenters. The molecule has 21 heavy (non-hydrogen) atoms. The predicted octanol–water partition coefficient (Wildman–Crippen LogP) is 0.980. The first-order valence-electron chi connectivity index (χ1n) is 7.27. The van der Waals surface area contributed by atoms with Crippen molar-refractivity contribution in [3.05, 3.63) is 11.7 Å². The zero-order valence-corrected chi connectivity index (χ0v) is 13.3. The van der Waals surface area contributed by atoms with Gasteiger partial charge in [-0.3, -0.25) is 9.69 Å². The number of rotatable bonds is 10. The molecule has 1 amide bonds. The summed E-state index contributed by atoms with van der Waals surface area (Å²) in [6, 6.07) is -0.411. The minimum atomic E-state index is -0.411. The number of nitrogens with two attached hydrogens (primary N) is 1. The molecular weight excluding hydrogens is 272 g/mol. The molecule has 1 aromatic heterocycles. The summed E-state index contributed by atoms with van der Waals surface area (Å²) in [5, 5.41) is 3.97. The molecule has 120 valence electrons. The van der Waals surface area contributed by atoms with Crippen molar-refractivity contribution in [3.63, 3.8) is 0 Å². The number of aryl methyl sites for hydroxylation is 1. The molecule has 0 aromatic carbocycles. The highest BCUT2D eigenvalue weighted by molar-refractivity contribution is 5.79. The zero-order valence-electron chi connectivity index (χ0n) is 13.3. The summed E-state index contributed by atoms with van der Waals surface area (Å²) >= 11 is 0. The maximum Gasteiger partial charge on any atom is 0.240 e. The molecule has 1 aromatic rings. The van der Waals surface area contributed by atoms with Crippen molar-refractivity contribution >= 4 is 5.91 Å². The second kappa shape index (κ2) is 8.74. The maximum absolute atomic E-state index is 11.3. The predicted molar refractivity (Wildman–Crippen MR) is 78.4 cm³/mol. The van der Waals surface area contributed by atoms with E-state index in [-0.39, 0.29) is 5.91 Å². The quantitative estimate of drug-likeness (QED) is 0.692. The smallest absolute Gasteiger partial charge is 0.240 e. The summed E-state index contributed by atoms with van der Waals surface area (Å²) in [5.41, 5.74) is 5.36. The van der Waals surface area contributed by atoms with Gasteiger partial charge in [-0.05, 0) is 19.3 Å². The van der Waals surface area contributed by atoms with Crippen LogP contribution in [0.25, 0.3) is 0 Å². The Morgan fingerprint density at radius 2 is 2.14 bits per heavy atom. The Kier molecular flexibility index (Phi) is 7.31. The van der Waals surface area contributed by atoms with Crippen LogP contribution in [0.4, 0.5) is 0 Å². The maximum atomic E-state index is 11.3. The van der Waals surface area contributed by atoms with Crippen molar-refractivity contribution in [1.82, 2.24) is 15.0 Å². The van der Waals surface area contributed by atoms with Crippen molar-refractivity contribution in [2.45, 2.75) is 46.2 Å². The van der Waals surface area contributed by atoms with E-state index in [1.54, 1.807) is 14.0 Å². The lowest BCUT2D eigenvalue weighted by Gasteiger charge is -2.24. The van der Waals surface area contributed by atoms with E-state index in [2.05, 4.69) is 24.0 Å². The number of nitrogens with zero attached hydrogens (tertiary/aromatic N) is 3. The van der Waals surface area contributed by atoms with Gasteiger partial charge in [-0.15, -0.1) is 0 Å². The van der Waals surface area contributed by atoms with Gasteiger partial charge < -0.3 is 15.0 Å². The molecule has 0 aliphatic carbocycles. The Balaban J connectivity index is 2.63. The highest BCUT2D eigenvalue weighted by Crippen LogP contribution is 2.10. The van der Waals surface area contributed by atoms with E-state index in [0.717, 1.165) is 12.8 Å². The van der Waals surface area contributed by atoms with E-state index in [1.807, 2.05) is 4.90 Å². The third-order valence-electron chi connectivity index (χ3n) is 3.34. The molecule has 0 aliphatic rings. The van der Waals surface area contributed by atoms with Crippen molar-refractivity contribution < 1.29 is 14.1 Å².